The number of likely N-dealkylation sites (N-methyl/N-ethyl adjacent to an activating group) is 1. The summed E-state index contributed by atoms with van der Waals surface area (Å²) in [6.45, 7) is 4.30. The number of amides is 1. The van der Waals surface area contributed by atoms with E-state index in [2.05, 4.69) is 17.1 Å². The third-order valence-corrected chi connectivity index (χ3v) is 4.53. The van der Waals surface area contributed by atoms with E-state index in [-0.39, 0.29) is 30.0 Å². The van der Waals surface area contributed by atoms with E-state index in [4.69, 9.17) is 0 Å². The van der Waals surface area contributed by atoms with Crippen molar-refractivity contribution < 1.29 is 9.90 Å². The fourth-order valence-electron chi connectivity index (χ4n) is 2.63. The molecule has 1 rings (SSSR count). The summed E-state index contributed by atoms with van der Waals surface area (Å²) in [5.41, 5.74) is -0.118. The minimum absolute atomic E-state index is 0.118. The molecule has 18 heavy (non-hydrogen) atoms. The van der Waals surface area contributed by atoms with Gasteiger partial charge < -0.3 is 15.3 Å². The van der Waals surface area contributed by atoms with E-state index in [1.807, 2.05) is 21.0 Å². The summed E-state index contributed by atoms with van der Waals surface area (Å²) < 4.78 is 0. The number of rotatable bonds is 5. The monoisotopic (exact) mass is 256 g/mol. The fourth-order valence-corrected chi connectivity index (χ4v) is 2.63. The van der Waals surface area contributed by atoms with E-state index >= 15 is 0 Å². The number of carbonyl (C=O) groups excluding carboxylic acids is 1. The molecule has 0 aromatic rings. The Bertz CT molecular complexity index is 271. The summed E-state index contributed by atoms with van der Waals surface area (Å²) in [5, 5.41) is 12.6. The summed E-state index contributed by atoms with van der Waals surface area (Å²) in [7, 11) is 4.02. The lowest BCUT2D eigenvalue weighted by Crippen LogP contribution is -2.51. The summed E-state index contributed by atoms with van der Waals surface area (Å²) >= 11 is 0. The Morgan fingerprint density at radius 1 is 1.44 bits per heavy atom. The van der Waals surface area contributed by atoms with Crippen molar-refractivity contribution in [3.63, 3.8) is 0 Å². The second-order valence-electron chi connectivity index (χ2n) is 5.87. The lowest BCUT2D eigenvalue weighted by atomic mass is 9.75. The van der Waals surface area contributed by atoms with Gasteiger partial charge in [0.15, 0.2) is 0 Å². The van der Waals surface area contributed by atoms with E-state index in [0.717, 1.165) is 32.1 Å². The van der Waals surface area contributed by atoms with Crippen LogP contribution in [0.15, 0.2) is 0 Å². The molecular weight excluding hydrogens is 228 g/mol. The number of nitrogens with one attached hydrogen (secondary N) is 1. The van der Waals surface area contributed by atoms with Crippen molar-refractivity contribution in [1.29, 1.82) is 0 Å². The summed E-state index contributed by atoms with van der Waals surface area (Å²) in [6, 6.07) is 0.260. The Morgan fingerprint density at radius 2 is 2.00 bits per heavy atom. The lowest BCUT2D eigenvalue weighted by molar-refractivity contribution is -0.127. The van der Waals surface area contributed by atoms with Crippen molar-refractivity contribution in [2.24, 2.45) is 5.92 Å². The Morgan fingerprint density at radius 3 is 2.39 bits per heavy atom. The number of carbonyl (C=O) groups is 1. The van der Waals surface area contributed by atoms with E-state index in [1.165, 1.54) is 0 Å². The highest BCUT2D eigenvalue weighted by molar-refractivity contribution is 5.79. The lowest BCUT2D eigenvalue weighted by Gasteiger charge is -2.43. The molecule has 0 aliphatic heterocycles. The van der Waals surface area contributed by atoms with Crippen molar-refractivity contribution in [3.8, 4) is 0 Å². The largest absolute Gasteiger partial charge is 0.394 e. The first-order valence-electron chi connectivity index (χ1n) is 7.04. The highest BCUT2D eigenvalue weighted by Crippen LogP contribution is 2.35. The Balaban J connectivity index is 2.50. The maximum absolute atomic E-state index is 12.0. The van der Waals surface area contributed by atoms with E-state index in [0.29, 0.717) is 0 Å². The molecule has 0 aromatic carbocycles. The zero-order valence-electron chi connectivity index (χ0n) is 12.2. The number of aliphatic hydroxyl groups excluding tert-OH is 1. The van der Waals surface area contributed by atoms with Gasteiger partial charge in [-0.05, 0) is 53.1 Å². The highest BCUT2D eigenvalue weighted by Gasteiger charge is 2.38. The van der Waals surface area contributed by atoms with Crippen LogP contribution in [0.3, 0.4) is 0 Å². The maximum atomic E-state index is 12.0. The predicted molar refractivity (Wildman–Crippen MR) is 73.4 cm³/mol. The number of hydrogen-bond acceptors (Lipinski definition) is 3. The third kappa shape index (κ3) is 3.45. The molecule has 4 heteroatoms. The second-order valence-corrected chi connectivity index (χ2v) is 5.87. The molecule has 1 amide bonds. The normalized spacial score (nSPS) is 30.2. The minimum atomic E-state index is -0.118. The first-order chi connectivity index (χ1) is 8.45. The van der Waals surface area contributed by atoms with Gasteiger partial charge in [0.2, 0.25) is 5.91 Å². The molecule has 4 nitrogen and oxygen atoms in total. The van der Waals surface area contributed by atoms with Crippen LogP contribution in [0.5, 0.6) is 0 Å². The molecule has 0 radical (unpaired) electrons. The summed E-state index contributed by atoms with van der Waals surface area (Å²) in [6.07, 6.45) is 4.52. The zero-order chi connectivity index (χ0) is 13.8. The van der Waals surface area contributed by atoms with Crippen molar-refractivity contribution >= 4 is 5.91 Å². The molecule has 1 fully saturated rings. The van der Waals surface area contributed by atoms with Gasteiger partial charge in [0, 0.05) is 17.5 Å². The van der Waals surface area contributed by atoms with Gasteiger partial charge in [-0.1, -0.05) is 6.92 Å². The number of aliphatic hydroxyl groups is 1. The van der Waals surface area contributed by atoms with Crippen LogP contribution in [0.4, 0.5) is 0 Å². The summed E-state index contributed by atoms with van der Waals surface area (Å²) in [4.78, 5) is 14.2. The van der Waals surface area contributed by atoms with Gasteiger partial charge in [-0.15, -0.1) is 0 Å². The molecule has 1 atom stereocenters. The van der Waals surface area contributed by atoms with E-state index in [9.17, 15) is 9.90 Å². The Hall–Kier alpha value is -0.610. The second kappa shape index (κ2) is 6.53. The average Bonchev–Trinajstić information content (AvgIpc) is 2.38. The van der Waals surface area contributed by atoms with Crippen molar-refractivity contribution in [2.45, 2.75) is 57.5 Å². The summed E-state index contributed by atoms with van der Waals surface area (Å²) in [5.74, 6) is 0.313. The molecule has 2 N–H and O–H groups in total. The molecule has 0 heterocycles. The molecule has 1 saturated carbocycles. The number of nitrogens with zero attached hydrogens (tertiary/aromatic N) is 1. The van der Waals surface area contributed by atoms with Crippen LogP contribution >= 0.6 is 0 Å². The molecular formula is C14H28N2O2. The van der Waals surface area contributed by atoms with Crippen LogP contribution in [0.1, 0.15) is 46.0 Å². The average molecular weight is 256 g/mol. The van der Waals surface area contributed by atoms with Gasteiger partial charge in [-0.25, -0.2) is 0 Å². The quantitative estimate of drug-likeness (QED) is 0.781. The van der Waals surface area contributed by atoms with Gasteiger partial charge in [0.05, 0.1) is 6.61 Å². The Labute approximate surface area is 111 Å². The van der Waals surface area contributed by atoms with Gasteiger partial charge in [0.25, 0.3) is 0 Å². The van der Waals surface area contributed by atoms with E-state index in [1.54, 1.807) is 0 Å². The van der Waals surface area contributed by atoms with Gasteiger partial charge in [-0.2, -0.15) is 0 Å². The maximum Gasteiger partial charge on any atom is 0.223 e. The van der Waals surface area contributed by atoms with Gasteiger partial charge in [0.1, 0.15) is 0 Å². The van der Waals surface area contributed by atoms with Crippen LogP contribution in [-0.2, 0) is 4.79 Å². The standard InChI is InChI=1S/C14H28N2O2/c1-5-11(2)15-13(18)12-6-8-14(10-17,9-7-12)16(3)4/h11-12,17H,5-10H2,1-4H3,(H,15,18). The molecule has 106 valence electrons. The molecule has 1 aliphatic rings. The van der Waals surface area contributed by atoms with Gasteiger partial charge in [-0.3, -0.25) is 4.79 Å². The Kier molecular flexibility index (Phi) is 5.60. The molecule has 1 unspecified atom stereocenters. The topological polar surface area (TPSA) is 52.6 Å². The third-order valence-electron chi connectivity index (χ3n) is 4.53. The van der Waals surface area contributed by atoms with Crippen molar-refractivity contribution in [3.05, 3.63) is 0 Å². The molecule has 0 saturated heterocycles. The first kappa shape index (κ1) is 15.4. The van der Waals surface area contributed by atoms with Gasteiger partial charge >= 0.3 is 0 Å². The number of hydrogen-bond donors (Lipinski definition) is 2. The SMILES string of the molecule is CCC(C)NC(=O)C1CCC(CO)(N(C)C)CC1. The van der Waals surface area contributed by atoms with Crippen LogP contribution in [0.2, 0.25) is 0 Å². The zero-order valence-corrected chi connectivity index (χ0v) is 12.2. The van der Waals surface area contributed by atoms with Crippen LogP contribution < -0.4 is 5.32 Å². The molecule has 0 spiro atoms. The molecule has 0 aromatic heterocycles. The molecule has 0 bridgehead atoms. The van der Waals surface area contributed by atoms with Crippen molar-refractivity contribution in [1.82, 2.24) is 10.2 Å². The van der Waals surface area contributed by atoms with Crippen LogP contribution in [-0.4, -0.2) is 48.2 Å². The van der Waals surface area contributed by atoms with E-state index < -0.39 is 0 Å². The fraction of sp³-hybridized carbons (Fsp3) is 0.929. The molecule has 1 aliphatic carbocycles. The minimum Gasteiger partial charge on any atom is -0.394 e. The van der Waals surface area contributed by atoms with Crippen LogP contribution in [0, 0.1) is 5.92 Å². The van der Waals surface area contributed by atoms with Crippen LogP contribution in [0.25, 0.3) is 0 Å². The smallest absolute Gasteiger partial charge is 0.223 e. The van der Waals surface area contributed by atoms with Crippen molar-refractivity contribution in [2.75, 3.05) is 20.7 Å². The first-order valence-corrected chi connectivity index (χ1v) is 7.04. The highest BCUT2D eigenvalue weighted by atomic mass is 16.3. The predicted octanol–water partition coefficient (Wildman–Crippen LogP) is 1.38.